The van der Waals surface area contributed by atoms with Gasteiger partial charge in [-0.05, 0) is 42.3 Å². The molecule has 2 aromatic heterocycles. The van der Waals surface area contributed by atoms with E-state index in [1.807, 2.05) is 65.5 Å². The number of benzene rings is 2. The van der Waals surface area contributed by atoms with Gasteiger partial charge in [0.1, 0.15) is 5.82 Å². The standard InChI is InChI=1S/C23H25N5O2.C2H6/c1-15-12-17(13-20(29-4)22(15)30-5)25-21-10-11-28-23(26-21)19(14-24-28)16-6-8-18(9-7-16)27(2)3;1-2/h6-14H,1-5H3,(H,25,26);1-2H3. The second kappa shape index (κ2) is 10.0. The Morgan fingerprint density at radius 3 is 2.31 bits per heavy atom. The largest absolute Gasteiger partial charge is 0.493 e. The summed E-state index contributed by atoms with van der Waals surface area (Å²) in [5.41, 5.74) is 5.84. The van der Waals surface area contributed by atoms with Crippen LogP contribution in [0.5, 0.6) is 11.5 Å². The third kappa shape index (κ3) is 4.61. The normalized spacial score (nSPS) is 10.3. The minimum Gasteiger partial charge on any atom is -0.493 e. The lowest BCUT2D eigenvalue weighted by molar-refractivity contribution is 0.353. The number of hydrogen-bond donors (Lipinski definition) is 1. The van der Waals surface area contributed by atoms with Gasteiger partial charge in [-0.15, -0.1) is 0 Å². The minimum absolute atomic E-state index is 0.673. The molecule has 168 valence electrons. The molecule has 4 aromatic rings. The molecule has 0 radical (unpaired) electrons. The molecule has 0 amide bonds. The molecular formula is C25H31N5O2. The van der Waals surface area contributed by atoms with E-state index in [1.54, 1.807) is 18.7 Å². The number of anilines is 3. The molecule has 0 aliphatic carbocycles. The van der Waals surface area contributed by atoms with Gasteiger partial charge < -0.3 is 19.7 Å². The molecule has 7 nitrogen and oxygen atoms in total. The Labute approximate surface area is 189 Å². The highest BCUT2D eigenvalue weighted by atomic mass is 16.5. The Hall–Kier alpha value is -3.74. The number of hydrogen-bond acceptors (Lipinski definition) is 6. The molecule has 0 atom stereocenters. The van der Waals surface area contributed by atoms with E-state index in [9.17, 15) is 0 Å². The van der Waals surface area contributed by atoms with Crippen molar-refractivity contribution < 1.29 is 9.47 Å². The van der Waals surface area contributed by atoms with Crippen molar-refractivity contribution in [2.75, 3.05) is 38.5 Å². The summed E-state index contributed by atoms with van der Waals surface area (Å²) in [7, 11) is 7.32. The summed E-state index contributed by atoms with van der Waals surface area (Å²) in [4.78, 5) is 6.87. The van der Waals surface area contributed by atoms with Crippen LogP contribution in [-0.4, -0.2) is 42.9 Å². The van der Waals surface area contributed by atoms with E-state index in [1.165, 1.54) is 0 Å². The number of nitrogens with one attached hydrogen (secondary N) is 1. The lowest BCUT2D eigenvalue weighted by Crippen LogP contribution is -2.07. The van der Waals surface area contributed by atoms with Crippen molar-refractivity contribution in [3.05, 3.63) is 60.4 Å². The fourth-order valence-electron chi connectivity index (χ4n) is 3.46. The summed E-state index contributed by atoms with van der Waals surface area (Å²) in [6, 6.07) is 14.2. The first-order valence-corrected chi connectivity index (χ1v) is 10.6. The van der Waals surface area contributed by atoms with Gasteiger partial charge in [0.25, 0.3) is 0 Å². The van der Waals surface area contributed by atoms with Crippen LogP contribution in [0.15, 0.2) is 54.9 Å². The van der Waals surface area contributed by atoms with Gasteiger partial charge in [0.2, 0.25) is 0 Å². The van der Waals surface area contributed by atoms with Gasteiger partial charge in [0, 0.05) is 43.3 Å². The maximum absolute atomic E-state index is 5.45. The van der Waals surface area contributed by atoms with Crippen LogP contribution in [-0.2, 0) is 0 Å². The van der Waals surface area contributed by atoms with Crippen molar-refractivity contribution in [2.45, 2.75) is 20.8 Å². The van der Waals surface area contributed by atoms with E-state index in [-0.39, 0.29) is 0 Å². The average molecular weight is 434 g/mol. The van der Waals surface area contributed by atoms with Gasteiger partial charge in [0.05, 0.1) is 20.4 Å². The summed E-state index contributed by atoms with van der Waals surface area (Å²) < 4.78 is 12.7. The van der Waals surface area contributed by atoms with E-state index in [0.29, 0.717) is 5.75 Å². The third-order valence-corrected chi connectivity index (χ3v) is 5.00. The Balaban J connectivity index is 0.00000141. The van der Waals surface area contributed by atoms with Crippen LogP contribution in [0.2, 0.25) is 0 Å². The molecule has 0 aliphatic rings. The predicted molar refractivity (Wildman–Crippen MR) is 132 cm³/mol. The van der Waals surface area contributed by atoms with Crippen molar-refractivity contribution in [1.29, 1.82) is 0 Å². The first-order valence-electron chi connectivity index (χ1n) is 10.6. The highest BCUT2D eigenvalue weighted by molar-refractivity contribution is 5.79. The van der Waals surface area contributed by atoms with Crippen molar-refractivity contribution >= 4 is 22.8 Å². The second-order valence-electron chi connectivity index (χ2n) is 7.23. The monoisotopic (exact) mass is 433 g/mol. The van der Waals surface area contributed by atoms with E-state index >= 15 is 0 Å². The lowest BCUT2D eigenvalue weighted by atomic mass is 10.1. The topological polar surface area (TPSA) is 63.9 Å². The first-order chi connectivity index (χ1) is 15.5. The van der Waals surface area contributed by atoms with E-state index in [4.69, 9.17) is 14.5 Å². The average Bonchev–Trinajstić information content (AvgIpc) is 3.23. The van der Waals surface area contributed by atoms with Crippen LogP contribution in [0, 0.1) is 6.92 Å². The van der Waals surface area contributed by atoms with E-state index in [2.05, 4.69) is 39.6 Å². The molecule has 2 aromatic carbocycles. The summed E-state index contributed by atoms with van der Waals surface area (Å²) in [6.45, 7) is 5.98. The Morgan fingerprint density at radius 1 is 0.969 bits per heavy atom. The van der Waals surface area contributed by atoms with E-state index in [0.717, 1.165) is 45.3 Å². The zero-order valence-corrected chi connectivity index (χ0v) is 19.8. The number of methoxy groups -OCH3 is 2. The van der Waals surface area contributed by atoms with Gasteiger partial charge in [-0.25, -0.2) is 9.50 Å². The molecule has 0 aliphatic heterocycles. The molecule has 1 N–H and O–H groups in total. The highest BCUT2D eigenvalue weighted by Gasteiger charge is 2.12. The van der Waals surface area contributed by atoms with Gasteiger partial charge in [-0.3, -0.25) is 0 Å². The van der Waals surface area contributed by atoms with Crippen molar-refractivity contribution in [1.82, 2.24) is 14.6 Å². The lowest BCUT2D eigenvalue weighted by Gasteiger charge is -2.14. The SMILES string of the molecule is CC.COc1cc(Nc2ccn3ncc(-c4ccc(N(C)C)cc4)c3n2)cc(C)c1OC. The number of aryl methyl sites for hydroxylation is 1. The maximum Gasteiger partial charge on any atom is 0.165 e. The zero-order valence-electron chi connectivity index (χ0n) is 19.8. The van der Waals surface area contributed by atoms with Gasteiger partial charge >= 0.3 is 0 Å². The summed E-state index contributed by atoms with van der Waals surface area (Å²) in [5, 5.41) is 7.81. The Morgan fingerprint density at radius 2 is 1.69 bits per heavy atom. The van der Waals surface area contributed by atoms with Crippen LogP contribution in [0.25, 0.3) is 16.8 Å². The van der Waals surface area contributed by atoms with Crippen molar-refractivity contribution in [3.63, 3.8) is 0 Å². The quantitative estimate of drug-likeness (QED) is 0.430. The molecule has 2 heterocycles. The van der Waals surface area contributed by atoms with Crippen molar-refractivity contribution in [2.24, 2.45) is 0 Å². The van der Waals surface area contributed by atoms with Gasteiger partial charge in [-0.2, -0.15) is 5.10 Å². The Kier molecular flexibility index (Phi) is 7.20. The zero-order chi connectivity index (χ0) is 23.3. The molecule has 32 heavy (non-hydrogen) atoms. The number of rotatable bonds is 6. The molecule has 0 spiro atoms. The second-order valence-corrected chi connectivity index (χ2v) is 7.23. The molecule has 0 bridgehead atoms. The van der Waals surface area contributed by atoms with Crippen molar-refractivity contribution in [3.8, 4) is 22.6 Å². The van der Waals surface area contributed by atoms with Crippen LogP contribution >= 0.6 is 0 Å². The summed E-state index contributed by atoms with van der Waals surface area (Å²) >= 11 is 0. The predicted octanol–water partition coefficient (Wildman–Crippen LogP) is 5.56. The first kappa shape index (κ1) is 22.9. The molecule has 4 rings (SSSR count). The van der Waals surface area contributed by atoms with Crippen LogP contribution < -0.4 is 19.7 Å². The number of aromatic nitrogens is 3. The third-order valence-electron chi connectivity index (χ3n) is 5.00. The fourth-order valence-corrected chi connectivity index (χ4v) is 3.46. The molecule has 0 unspecified atom stereocenters. The van der Waals surface area contributed by atoms with E-state index < -0.39 is 0 Å². The summed E-state index contributed by atoms with van der Waals surface area (Å²) in [5.74, 6) is 2.12. The maximum atomic E-state index is 5.45. The highest BCUT2D eigenvalue weighted by Crippen LogP contribution is 2.35. The van der Waals surface area contributed by atoms with Crippen LogP contribution in [0.3, 0.4) is 0 Å². The number of fused-ring (bicyclic) bond motifs is 1. The van der Waals surface area contributed by atoms with Crippen LogP contribution in [0.4, 0.5) is 17.2 Å². The van der Waals surface area contributed by atoms with Gasteiger partial charge in [0.15, 0.2) is 17.1 Å². The molecule has 0 saturated heterocycles. The number of ether oxygens (including phenoxy) is 2. The number of nitrogens with zero attached hydrogens (tertiary/aromatic N) is 4. The summed E-state index contributed by atoms with van der Waals surface area (Å²) in [6.07, 6.45) is 3.74. The Bertz CT molecular complexity index is 1180. The molecule has 0 fully saturated rings. The molecule has 7 heteroatoms. The van der Waals surface area contributed by atoms with Crippen LogP contribution in [0.1, 0.15) is 19.4 Å². The fraction of sp³-hybridized carbons (Fsp3) is 0.280. The smallest absolute Gasteiger partial charge is 0.165 e. The van der Waals surface area contributed by atoms with Gasteiger partial charge in [-0.1, -0.05) is 26.0 Å². The molecular weight excluding hydrogens is 402 g/mol. The minimum atomic E-state index is 0.673. The molecule has 0 saturated carbocycles.